The van der Waals surface area contributed by atoms with Gasteiger partial charge in [-0.3, -0.25) is 4.90 Å². The number of hydrogen-bond donors (Lipinski definition) is 0. The minimum Gasteiger partial charge on any atom is -0.296 e. The first kappa shape index (κ1) is 15.8. The maximum Gasteiger partial charge on any atom is 0.416 e. The first-order valence-electron chi connectivity index (χ1n) is 6.97. The Morgan fingerprint density at radius 1 is 1.30 bits per heavy atom. The fraction of sp³-hybridized carbons (Fsp3) is 0.600. The van der Waals surface area contributed by atoms with E-state index in [1.807, 2.05) is 0 Å². The van der Waals surface area contributed by atoms with Crippen LogP contribution in [-0.2, 0) is 12.7 Å². The lowest BCUT2D eigenvalue weighted by Gasteiger charge is -2.24. The van der Waals surface area contributed by atoms with E-state index in [0.29, 0.717) is 12.6 Å². The second-order valence-corrected chi connectivity index (χ2v) is 6.09. The van der Waals surface area contributed by atoms with Crippen LogP contribution in [0.4, 0.5) is 13.2 Å². The van der Waals surface area contributed by atoms with Crippen molar-refractivity contribution >= 4 is 15.9 Å². The first-order valence-corrected chi connectivity index (χ1v) is 8.09. The lowest BCUT2D eigenvalue weighted by Crippen LogP contribution is -2.29. The number of likely N-dealkylation sites (tertiary alicyclic amines) is 1. The third-order valence-corrected chi connectivity index (χ3v) is 4.37. The van der Waals surface area contributed by atoms with Gasteiger partial charge in [0.15, 0.2) is 0 Å². The van der Waals surface area contributed by atoms with Crippen molar-refractivity contribution in [1.29, 1.82) is 0 Å². The molecule has 20 heavy (non-hydrogen) atoms. The summed E-state index contributed by atoms with van der Waals surface area (Å²) < 4.78 is 38.1. The van der Waals surface area contributed by atoms with Crippen LogP contribution in [0.1, 0.15) is 36.8 Å². The Bertz CT molecular complexity index is 433. The fourth-order valence-electron chi connectivity index (χ4n) is 2.82. The van der Waals surface area contributed by atoms with Crippen LogP contribution in [-0.4, -0.2) is 22.8 Å². The summed E-state index contributed by atoms with van der Waals surface area (Å²) in [7, 11) is 0. The van der Waals surface area contributed by atoms with Crippen LogP contribution in [0, 0.1) is 0 Å². The molecule has 1 atom stereocenters. The van der Waals surface area contributed by atoms with Crippen molar-refractivity contribution < 1.29 is 13.2 Å². The number of benzene rings is 1. The minimum atomic E-state index is -4.25. The Labute approximate surface area is 126 Å². The molecule has 1 heterocycles. The summed E-state index contributed by atoms with van der Waals surface area (Å²) in [6, 6.07) is 6.22. The minimum absolute atomic E-state index is 0.516. The summed E-state index contributed by atoms with van der Waals surface area (Å²) in [6.45, 7) is 1.61. The molecule has 1 unspecified atom stereocenters. The van der Waals surface area contributed by atoms with Crippen molar-refractivity contribution in [3.63, 3.8) is 0 Å². The van der Waals surface area contributed by atoms with Gasteiger partial charge in [-0.2, -0.15) is 13.2 Å². The van der Waals surface area contributed by atoms with Gasteiger partial charge in [-0.05, 0) is 43.9 Å². The van der Waals surface area contributed by atoms with Crippen molar-refractivity contribution in [3.8, 4) is 0 Å². The van der Waals surface area contributed by atoms with E-state index in [9.17, 15) is 13.2 Å². The van der Waals surface area contributed by atoms with Crippen LogP contribution < -0.4 is 0 Å². The average molecular weight is 350 g/mol. The fourth-order valence-corrected chi connectivity index (χ4v) is 3.15. The molecule has 1 aromatic carbocycles. The highest BCUT2D eigenvalue weighted by Crippen LogP contribution is 2.30. The maximum atomic E-state index is 12.7. The molecule has 1 aliphatic rings. The summed E-state index contributed by atoms with van der Waals surface area (Å²) in [6.07, 6.45) is 0.280. The molecule has 1 aromatic rings. The van der Waals surface area contributed by atoms with Crippen LogP contribution in [0.15, 0.2) is 24.3 Å². The predicted molar refractivity (Wildman–Crippen MR) is 77.9 cm³/mol. The van der Waals surface area contributed by atoms with Gasteiger partial charge < -0.3 is 0 Å². The van der Waals surface area contributed by atoms with Crippen LogP contribution in [0.2, 0.25) is 0 Å². The van der Waals surface area contributed by atoms with E-state index in [1.165, 1.54) is 12.1 Å². The first-order chi connectivity index (χ1) is 9.50. The number of nitrogens with zero attached hydrogens (tertiary/aromatic N) is 1. The Kier molecular flexibility index (Phi) is 5.49. The zero-order chi connectivity index (χ0) is 14.6. The lowest BCUT2D eigenvalue weighted by atomic mass is 10.1. The van der Waals surface area contributed by atoms with E-state index in [0.717, 1.165) is 49.2 Å². The van der Waals surface area contributed by atoms with Gasteiger partial charge in [-0.15, -0.1) is 0 Å². The standard InChI is InChI=1S/C15H19BrF3N/c16-8-2-6-14-7-3-9-20(14)11-12-4-1-5-13(10-12)15(17,18)19/h1,4-5,10,14H,2-3,6-9,11H2. The molecule has 0 bridgehead atoms. The van der Waals surface area contributed by atoms with Gasteiger partial charge in [-0.1, -0.05) is 34.1 Å². The molecule has 112 valence electrons. The number of halogens is 4. The highest BCUT2D eigenvalue weighted by molar-refractivity contribution is 9.09. The van der Waals surface area contributed by atoms with Crippen LogP contribution in [0.3, 0.4) is 0 Å². The van der Waals surface area contributed by atoms with Crippen molar-refractivity contribution in [2.45, 2.75) is 44.4 Å². The Balaban J connectivity index is 2.02. The molecule has 0 aromatic heterocycles. The molecule has 1 fully saturated rings. The van der Waals surface area contributed by atoms with E-state index in [4.69, 9.17) is 0 Å². The molecular formula is C15H19BrF3N. The van der Waals surface area contributed by atoms with Crippen molar-refractivity contribution in [2.75, 3.05) is 11.9 Å². The lowest BCUT2D eigenvalue weighted by molar-refractivity contribution is -0.137. The predicted octanol–water partition coefficient (Wildman–Crippen LogP) is 4.84. The average Bonchev–Trinajstić information content (AvgIpc) is 2.83. The third-order valence-electron chi connectivity index (χ3n) is 3.81. The summed E-state index contributed by atoms with van der Waals surface area (Å²) >= 11 is 3.43. The Morgan fingerprint density at radius 2 is 2.10 bits per heavy atom. The van der Waals surface area contributed by atoms with E-state index < -0.39 is 11.7 Å². The molecule has 1 aliphatic heterocycles. The second-order valence-electron chi connectivity index (χ2n) is 5.30. The van der Waals surface area contributed by atoms with Crippen LogP contribution in [0.25, 0.3) is 0 Å². The Hall–Kier alpha value is -0.550. The molecule has 5 heteroatoms. The van der Waals surface area contributed by atoms with Gasteiger partial charge in [0, 0.05) is 17.9 Å². The van der Waals surface area contributed by atoms with Gasteiger partial charge in [0.1, 0.15) is 0 Å². The van der Waals surface area contributed by atoms with Gasteiger partial charge in [-0.25, -0.2) is 0 Å². The maximum absolute atomic E-state index is 12.7. The summed E-state index contributed by atoms with van der Waals surface area (Å²) in [5, 5.41) is 0.987. The molecule has 0 N–H and O–H groups in total. The van der Waals surface area contributed by atoms with Crippen LogP contribution in [0.5, 0.6) is 0 Å². The second kappa shape index (κ2) is 6.94. The molecule has 0 amide bonds. The van der Waals surface area contributed by atoms with E-state index >= 15 is 0 Å². The molecule has 1 nitrogen and oxygen atoms in total. The molecule has 0 saturated carbocycles. The van der Waals surface area contributed by atoms with E-state index in [2.05, 4.69) is 20.8 Å². The smallest absolute Gasteiger partial charge is 0.296 e. The summed E-state index contributed by atoms with van der Waals surface area (Å²) in [5.41, 5.74) is 0.205. The SMILES string of the molecule is FC(F)(F)c1cccc(CN2CCCC2CCCBr)c1. The van der Waals surface area contributed by atoms with Crippen LogP contribution >= 0.6 is 15.9 Å². The summed E-state index contributed by atoms with van der Waals surface area (Å²) in [5.74, 6) is 0. The van der Waals surface area contributed by atoms with Crippen molar-refractivity contribution in [3.05, 3.63) is 35.4 Å². The van der Waals surface area contributed by atoms with Crippen molar-refractivity contribution in [1.82, 2.24) is 4.90 Å². The van der Waals surface area contributed by atoms with Gasteiger partial charge in [0.25, 0.3) is 0 Å². The topological polar surface area (TPSA) is 3.24 Å². The third kappa shape index (κ3) is 4.22. The highest BCUT2D eigenvalue weighted by atomic mass is 79.9. The zero-order valence-electron chi connectivity index (χ0n) is 11.3. The molecule has 2 rings (SSSR count). The summed E-state index contributed by atoms with van der Waals surface area (Å²) in [4.78, 5) is 2.32. The normalized spacial score (nSPS) is 20.5. The molecular weight excluding hydrogens is 331 g/mol. The molecule has 1 saturated heterocycles. The van der Waals surface area contributed by atoms with Gasteiger partial charge >= 0.3 is 6.18 Å². The van der Waals surface area contributed by atoms with E-state index in [-0.39, 0.29) is 0 Å². The number of hydrogen-bond acceptors (Lipinski definition) is 1. The molecule has 0 aliphatic carbocycles. The monoisotopic (exact) mass is 349 g/mol. The van der Waals surface area contributed by atoms with Gasteiger partial charge in [0.05, 0.1) is 5.56 Å². The van der Waals surface area contributed by atoms with Gasteiger partial charge in [0.2, 0.25) is 0 Å². The number of rotatable bonds is 5. The number of alkyl halides is 4. The Morgan fingerprint density at radius 3 is 2.80 bits per heavy atom. The largest absolute Gasteiger partial charge is 0.416 e. The quantitative estimate of drug-likeness (QED) is 0.687. The molecule has 0 radical (unpaired) electrons. The van der Waals surface area contributed by atoms with Crippen molar-refractivity contribution in [2.24, 2.45) is 0 Å². The van der Waals surface area contributed by atoms with E-state index in [1.54, 1.807) is 6.07 Å². The highest BCUT2D eigenvalue weighted by Gasteiger charge is 2.31. The molecule has 0 spiro atoms. The zero-order valence-corrected chi connectivity index (χ0v) is 12.9.